The molecule has 0 fully saturated rings. The number of rotatable bonds is 2. The summed E-state index contributed by atoms with van der Waals surface area (Å²) in [5.74, 6) is 0. The number of hydrogen-bond acceptors (Lipinski definition) is 2. The Morgan fingerprint density at radius 1 is 1.36 bits per heavy atom. The lowest BCUT2D eigenvalue weighted by atomic mass is 10.1. The van der Waals surface area contributed by atoms with Crippen LogP contribution in [-0.2, 0) is 6.42 Å². The number of carbonyl (C=O) groups is 1. The van der Waals surface area contributed by atoms with E-state index < -0.39 is 0 Å². The molecule has 0 aliphatic carbocycles. The zero-order valence-electron chi connectivity index (χ0n) is 5.95. The van der Waals surface area contributed by atoms with Gasteiger partial charge in [-0.05, 0) is 5.56 Å². The second-order valence-electron chi connectivity index (χ2n) is 2.19. The fourth-order valence-corrected chi connectivity index (χ4v) is 0.805. The molecule has 0 spiro atoms. The van der Waals surface area contributed by atoms with Gasteiger partial charge in [0, 0.05) is 5.56 Å². The van der Waals surface area contributed by atoms with Crippen LogP contribution in [0.1, 0.15) is 15.9 Å². The van der Waals surface area contributed by atoms with Gasteiger partial charge in [0.05, 0.1) is 12.5 Å². The number of nitriles is 1. The van der Waals surface area contributed by atoms with E-state index in [1.807, 2.05) is 6.07 Å². The molecular formula is C9H7NO. The lowest BCUT2D eigenvalue weighted by Gasteiger charge is -1.92. The molecule has 11 heavy (non-hydrogen) atoms. The van der Waals surface area contributed by atoms with Gasteiger partial charge in [-0.3, -0.25) is 4.79 Å². The van der Waals surface area contributed by atoms with E-state index in [4.69, 9.17) is 5.26 Å². The van der Waals surface area contributed by atoms with E-state index in [9.17, 15) is 4.79 Å². The molecule has 0 radical (unpaired) electrons. The van der Waals surface area contributed by atoms with E-state index in [-0.39, 0.29) is 0 Å². The van der Waals surface area contributed by atoms with Gasteiger partial charge < -0.3 is 0 Å². The molecule has 0 aromatic heterocycles. The van der Waals surface area contributed by atoms with E-state index in [0.717, 1.165) is 11.8 Å². The molecule has 0 atom stereocenters. The quantitative estimate of drug-likeness (QED) is 0.592. The first-order valence-corrected chi connectivity index (χ1v) is 3.28. The van der Waals surface area contributed by atoms with Crippen LogP contribution in [0.25, 0.3) is 0 Å². The summed E-state index contributed by atoms with van der Waals surface area (Å²) >= 11 is 0. The van der Waals surface area contributed by atoms with Gasteiger partial charge in [0.2, 0.25) is 0 Å². The van der Waals surface area contributed by atoms with Crippen LogP contribution in [0.15, 0.2) is 24.3 Å². The van der Waals surface area contributed by atoms with E-state index in [2.05, 4.69) is 0 Å². The van der Waals surface area contributed by atoms with Crippen molar-refractivity contribution in [1.82, 2.24) is 0 Å². The maximum atomic E-state index is 10.2. The highest BCUT2D eigenvalue weighted by Gasteiger charge is 1.90. The number of benzene rings is 1. The van der Waals surface area contributed by atoms with E-state index in [1.54, 1.807) is 24.3 Å². The molecule has 0 unspecified atom stereocenters. The number of nitrogens with zero attached hydrogens (tertiary/aromatic N) is 1. The minimum absolute atomic E-state index is 0.402. The standard InChI is InChI=1S/C9H7NO/c10-6-5-8-1-3-9(7-11)4-2-8/h1-4,7H,5H2. The normalized spacial score (nSPS) is 8.64. The van der Waals surface area contributed by atoms with Crippen molar-refractivity contribution < 1.29 is 4.79 Å². The lowest BCUT2D eigenvalue weighted by Crippen LogP contribution is -1.82. The number of carbonyl (C=O) groups excluding carboxylic acids is 1. The molecule has 0 bridgehead atoms. The van der Waals surface area contributed by atoms with Crippen molar-refractivity contribution in [2.24, 2.45) is 0 Å². The number of aldehydes is 1. The van der Waals surface area contributed by atoms with Crippen LogP contribution in [0.5, 0.6) is 0 Å². The Bertz CT molecular complexity index is 281. The monoisotopic (exact) mass is 145 g/mol. The number of hydrogen-bond donors (Lipinski definition) is 0. The average molecular weight is 145 g/mol. The van der Waals surface area contributed by atoms with E-state index in [0.29, 0.717) is 12.0 Å². The molecule has 1 rings (SSSR count). The summed E-state index contributed by atoms with van der Waals surface area (Å²) in [6.45, 7) is 0. The van der Waals surface area contributed by atoms with Crippen molar-refractivity contribution in [2.75, 3.05) is 0 Å². The van der Waals surface area contributed by atoms with Crippen LogP contribution in [0.3, 0.4) is 0 Å². The summed E-state index contributed by atoms with van der Waals surface area (Å²) in [4.78, 5) is 10.2. The second-order valence-corrected chi connectivity index (χ2v) is 2.19. The van der Waals surface area contributed by atoms with Gasteiger partial charge in [0.1, 0.15) is 6.29 Å². The highest BCUT2D eigenvalue weighted by atomic mass is 16.1. The first-order valence-electron chi connectivity index (χ1n) is 3.28. The van der Waals surface area contributed by atoms with Crippen molar-refractivity contribution >= 4 is 6.29 Å². The zero-order chi connectivity index (χ0) is 8.10. The molecule has 0 saturated carbocycles. The Balaban J connectivity index is 2.84. The van der Waals surface area contributed by atoms with Crippen molar-refractivity contribution in [3.05, 3.63) is 35.4 Å². The third-order valence-corrected chi connectivity index (χ3v) is 1.40. The molecule has 0 N–H and O–H groups in total. The SMILES string of the molecule is N#CCc1ccc(C=O)cc1. The summed E-state index contributed by atoms with van der Waals surface area (Å²) in [6, 6.07) is 9.02. The van der Waals surface area contributed by atoms with Crippen LogP contribution in [0.2, 0.25) is 0 Å². The minimum atomic E-state index is 0.402. The molecule has 2 heteroatoms. The minimum Gasteiger partial charge on any atom is -0.298 e. The van der Waals surface area contributed by atoms with E-state index >= 15 is 0 Å². The fraction of sp³-hybridized carbons (Fsp3) is 0.111. The molecular weight excluding hydrogens is 138 g/mol. The maximum Gasteiger partial charge on any atom is 0.150 e. The van der Waals surface area contributed by atoms with Gasteiger partial charge >= 0.3 is 0 Å². The summed E-state index contributed by atoms with van der Waals surface area (Å²) < 4.78 is 0. The molecule has 0 saturated heterocycles. The Morgan fingerprint density at radius 2 is 2.00 bits per heavy atom. The van der Waals surface area contributed by atoms with Gasteiger partial charge in [-0.15, -0.1) is 0 Å². The molecule has 0 aliphatic rings. The molecule has 0 heterocycles. The predicted molar refractivity (Wildman–Crippen MR) is 41.1 cm³/mol. The van der Waals surface area contributed by atoms with Crippen molar-refractivity contribution in [2.45, 2.75) is 6.42 Å². The summed E-state index contributed by atoms with van der Waals surface area (Å²) in [5, 5.41) is 8.33. The maximum absolute atomic E-state index is 10.2. The second kappa shape index (κ2) is 3.52. The van der Waals surface area contributed by atoms with Crippen molar-refractivity contribution in [1.29, 1.82) is 5.26 Å². The van der Waals surface area contributed by atoms with Gasteiger partial charge in [0.15, 0.2) is 0 Å². The van der Waals surface area contributed by atoms with Crippen molar-refractivity contribution in [3.63, 3.8) is 0 Å². The first kappa shape index (κ1) is 7.49. The predicted octanol–water partition coefficient (Wildman–Crippen LogP) is 1.57. The van der Waals surface area contributed by atoms with Gasteiger partial charge in [-0.2, -0.15) is 5.26 Å². The topological polar surface area (TPSA) is 40.9 Å². The van der Waals surface area contributed by atoms with Crippen LogP contribution < -0.4 is 0 Å². The third kappa shape index (κ3) is 1.91. The Hall–Kier alpha value is -1.62. The molecule has 1 aromatic rings. The van der Waals surface area contributed by atoms with Gasteiger partial charge in [-0.25, -0.2) is 0 Å². The highest BCUT2D eigenvalue weighted by Crippen LogP contribution is 2.02. The summed E-state index contributed by atoms with van der Waals surface area (Å²) in [7, 11) is 0. The molecule has 0 amide bonds. The Kier molecular flexibility index (Phi) is 2.40. The summed E-state index contributed by atoms with van der Waals surface area (Å²) in [5.41, 5.74) is 1.59. The Morgan fingerprint density at radius 3 is 2.45 bits per heavy atom. The van der Waals surface area contributed by atoms with Gasteiger partial charge in [-0.1, -0.05) is 24.3 Å². The Labute approximate surface area is 65.1 Å². The van der Waals surface area contributed by atoms with Gasteiger partial charge in [0.25, 0.3) is 0 Å². The molecule has 1 aromatic carbocycles. The van der Waals surface area contributed by atoms with Crippen LogP contribution >= 0.6 is 0 Å². The molecule has 54 valence electrons. The van der Waals surface area contributed by atoms with Crippen LogP contribution in [0, 0.1) is 11.3 Å². The van der Waals surface area contributed by atoms with Crippen molar-refractivity contribution in [3.8, 4) is 6.07 Å². The lowest BCUT2D eigenvalue weighted by molar-refractivity contribution is 0.112. The van der Waals surface area contributed by atoms with E-state index in [1.165, 1.54) is 0 Å². The largest absolute Gasteiger partial charge is 0.298 e. The smallest absolute Gasteiger partial charge is 0.150 e. The van der Waals surface area contributed by atoms with Crippen LogP contribution in [-0.4, -0.2) is 6.29 Å². The fourth-order valence-electron chi connectivity index (χ4n) is 0.805. The average Bonchev–Trinajstić information content (AvgIpc) is 2.07. The molecule has 2 nitrogen and oxygen atoms in total. The highest BCUT2D eigenvalue weighted by molar-refractivity contribution is 5.74. The summed E-state index contributed by atoms with van der Waals surface area (Å²) in [6.07, 6.45) is 1.19. The molecule has 0 aliphatic heterocycles. The third-order valence-electron chi connectivity index (χ3n) is 1.40. The first-order chi connectivity index (χ1) is 5.36. The zero-order valence-corrected chi connectivity index (χ0v) is 5.95. The van der Waals surface area contributed by atoms with Crippen LogP contribution in [0.4, 0.5) is 0 Å².